The second-order valence-electron chi connectivity index (χ2n) is 3.88. The fourth-order valence-electron chi connectivity index (χ4n) is 1.85. The van der Waals surface area contributed by atoms with Crippen molar-refractivity contribution in [3.8, 4) is 0 Å². The third-order valence-corrected chi connectivity index (χ3v) is 2.70. The van der Waals surface area contributed by atoms with E-state index in [-0.39, 0.29) is 5.97 Å². The molecular weight excluding hydrogens is 231 g/mol. The Bertz CT molecular complexity index is 580. The van der Waals surface area contributed by atoms with Crippen molar-refractivity contribution >= 4 is 29.3 Å². The average Bonchev–Trinajstić information content (AvgIpc) is 2.37. The quantitative estimate of drug-likeness (QED) is 0.616. The smallest absolute Gasteiger partial charge is 0.462 e. The van der Waals surface area contributed by atoms with Gasteiger partial charge in [-0.1, -0.05) is 30.3 Å². The molecule has 0 radical (unpaired) electrons. The third-order valence-electron chi connectivity index (χ3n) is 2.70. The van der Waals surface area contributed by atoms with E-state index in [1.54, 1.807) is 37.3 Å². The lowest BCUT2D eigenvalue weighted by Gasteiger charge is -2.07. The molecule has 0 amide bonds. The molecule has 0 aromatic heterocycles. The molecule has 0 aliphatic rings. The van der Waals surface area contributed by atoms with Gasteiger partial charge in [0.2, 0.25) is 0 Å². The molecule has 0 atom stereocenters. The van der Waals surface area contributed by atoms with Gasteiger partial charge in [0.05, 0.1) is 12.2 Å². The second-order valence-corrected chi connectivity index (χ2v) is 3.88. The lowest BCUT2D eigenvalue weighted by molar-refractivity contribution is 0.0528. The predicted molar refractivity (Wildman–Crippen MR) is 69.7 cm³/mol. The van der Waals surface area contributed by atoms with Crippen molar-refractivity contribution in [1.29, 1.82) is 0 Å². The highest BCUT2D eigenvalue weighted by atomic mass is 16.5. The van der Waals surface area contributed by atoms with Crippen LogP contribution in [0.25, 0.3) is 10.8 Å². The summed E-state index contributed by atoms with van der Waals surface area (Å²) in [4.78, 5) is 11.8. The highest BCUT2D eigenvalue weighted by Gasteiger charge is 2.14. The lowest BCUT2D eigenvalue weighted by atomic mass is 9.79. The molecule has 0 fully saturated rings. The van der Waals surface area contributed by atoms with E-state index in [2.05, 4.69) is 0 Å². The summed E-state index contributed by atoms with van der Waals surface area (Å²) >= 11 is 0. The molecule has 0 aliphatic heterocycles. The monoisotopic (exact) mass is 244 g/mol. The van der Waals surface area contributed by atoms with Crippen LogP contribution in [0.3, 0.4) is 0 Å². The maximum absolute atomic E-state index is 11.8. The highest BCUT2D eigenvalue weighted by Crippen LogP contribution is 2.18. The topological polar surface area (TPSA) is 66.8 Å². The molecule has 0 spiro atoms. The van der Waals surface area contributed by atoms with Gasteiger partial charge in [-0.05, 0) is 29.2 Å². The Labute approximate surface area is 105 Å². The number of rotatable bonds is 3. The molecule has 5 heteroatoms. The van der Waals surface area contributed by atoms with Gasteiger partial charge in [-0.25, -0.2) is 4.79 Å². The first kappa shape index (κ1) is 12.6. The SMILES string of the molecule is CCOC(=O)c1cccc2cc(B(O)O)ccc12. The van der Waals surface area contributed by atoms with Crippen molar-refractivity contribution in [1.82, 2.24) is 0 Å². The number of esters is 1. The van der Waals surface area contributed by atoms with Crippen LogP contribution < -0.4 is 5.46 Å². The number of benzene rings is 2. The number of hydrogen-bond donors (Lipinski definition) is 2. The van der Waals surface area contributed by atoms with Gasteiger partial charge in [-0.3, -0.25) is 0 Å². The van der Waals surface area contributed by atoms with E-state index in [0.29, 0.717) is 17.6 Å². The Morgan fingerprint density at radius 2 is 2.06 bits per heavy atom. The molecule has 2 aromatic rings. The fourth-order valence-corrected chi connectivity index (χ4v) is 1.85. The van der Waals surface area contributed by atoms with Gasteiger partial charge in [0.25, 0.3) is 0 Å². The molecule has 0 unspecified atom stereocenters. The molecule has 4 nitrogen and oxygen atoms in total. The zero-order valence-electron chi connectivity index (χ0n) is 9.96. The Kier molecular flexibility index (Phi) is 3.65. The van der Waals surface area contributed by atoms with Crippen LogP contribution in [0.5, 0.6) is 0 Å². The minimum Gasteiger partial charge on any atom is -0.462 e. The Morgan fingerprint density at radius 3 is 2.72 bits per heavy atom. The van der Waals surface area contributed by atoms with Crippen LogP contribution in [0, 0.1) is 0 Å². The van der Waals surface area contributed by atoms with E-state index in [0.717, 1.165) is 10.8 Å². The van der Waals surface area contributed by atoms with E-state index in [1.807, 2.05) is 6.07 Å². The number of carbonyl (C=O) groups excluding carboxylic acids is 1. The zero-order valence-corrected chi connectivity index (χ0v) is 9.96. The second kappa shape index (κ2) is 5.20. The van der Waals surface area contributed by atoms with Gasteiger partial charge in [-0.15, -0.1) is 0 Å². The van der Waals surface area contributed by atoms with Crippen molar-refractivity contribution in [2.24, 2.45) is 0 Å². The molecule has 0 saturated heterocycles. The number of fused-ring (bicyclic) bond motifs is 1. The van der Waals surface area contributed by atoms with Crippen molar-refractivity contribution in [2.45, 2.75) is 6.92 Å². The standard InChI is InChI=1S/C13H13BO4/c1-2-18-13(15)12-5-3-4-9-8-10(14(16)17)6-7-11(9)12/h3-8,16-17H,2H2,1H3. The van der Waals surface area contributed by atoms with Gasteiger partial charge in [0.15, 0.2) is 0 Å². The summed E-state index contributed by atoms with van der Waals surface area (Å²) in [6.45, 7) is 2.08. The summed E-state index contributed by atoms with van der Waals surface area (Å²) in [7, 11) is -1.51. The Morgan fingerprint density at radius 1 is 1.28 bits per heavy atom. The lowest BCUT2D eigenvalue weighted by Crippen LogP contribution is -2.29. The van der Waals surface area contributed by atoms with E-state index in [1.165, 1.54) is 0 Å². The largest absolute Gasteiger partial charge is 0.488 e. The van der Waals surface area contributed by atoms with Gasteiger partial charge < -0.3 is 14.8 Å². The normalized spacial score (nSPS) is 10.4. The minimum atomic E-state index is -1.51. The molecule has 92 valence electrons. The summed E-state index contributed by atoms with van der Waals surface area (Å²) in [5.41, 5.74) is 0.872. The predicted octanol–water partition coefficient (Wildman–Crippen LogP) is 0.696. The first-order valence-electron chi connectivity index (χ1n) is 5.69. The maximum atomic E-state index is 11.8. The highest BCUT2D eigenvalue weighted by molar-refractivity contribution is 6.58. The molecule has 18 heavy (non-hydrogen) atoms. The summed E-state index contributed by atoms with van der Waals surface area (Å²) in [5, 5.41) is 19.7. The van der Waals surface area contributed by atoms with Crippen LogP contribution in [-0.2, 0) is 4.74 Å². The van der Waals surface area contributed by atoms with Crippen molar-refractivity contribution in [2.75, 3.05) is 6.61 Å². The molecular formula is C13H13BO4. The molecule has 0 aliphatic carbocycles. The van der Waals surface area contributed by atoms with E-state index >= 15 is 0 Å². The Hall–Kier alpha value is -1.85. The third kappa shape index (κ3) is 2.37. The van der Waals surface area contributed by atoms with Crippen LogP contribution in [0.15, 0.2) is 36.4 Å². The molecule has 2 N–H and O–H groups in total. The number of ether oxygens (including phenoxy) is 1. The first-order chi connectivity index (χ1) is 8.63. The van der Waals surface area contributed by atoms with Crippen LogP contribution in [-0.4, -0.2) is 29.7 Å². The zero-order chi connectivity index (χ0) is 13.1. The molecule has 0 heterocycles. The minimum absolute atomic E-state index is 0.322. The average molecular weight is 244 g/mol. The summed E-state index contributed by atoms with van der Waals surface area (Å²) in [6, 6.07) is 10.1. The van der Waals surface area contributed by atoms with Crippen LogP contribution >= 0.6 is 0 Å². The first-order valence-corrected chi connectivity index (χ1v) is 5.69. The van der Waals surface area contributed by atoms with Crippen LogP contribution in [0.1, 0.15) is 17.3 Å². The van der Waals surface area contributed by atoms with Crippen LogP contribution in [0.4, 0.5) is 0 Å². The fraction of sp³-hybridized carbons (Fsp3) is 0.154. The molecule has 0 bridgehead atoms. The molecule has 2 rings (SSSR count). The van der Waals surface area contributed by atoms with Gasteiger partial charge >= 0.3 is 13.1 Å². The van der Waals surface area contributed by atoms with E-state index in [4.69, 9.17) is 14.8 Å². The summed E-state index contributed by atoms with van der Waals surface area (Å²) in [6.07, 6.45) is 0. The van der Waals surface area contributed by atoms with Gasteiger partial charge in [0.1, 0.15) is 0 Å². The molecule has 0 saturated carbocycles. The maximum Gasteiger partial charge on any atom is 0.488 e. The van der Waals surface area contributed by atoms with Crippen LogP contribution in [0.2, 0.25) is 0 Å². The number of carbonyl (C=O) groups is 1. The van der Waals surface area contributed by atoms with Crippen molar-refractivity contribution in [3.63, 3.8) is 0 Å². The summed E-state index contributed by atoms with van der Waals surface area (Å²) in [5.74, 6) is -0.375. The van der Waals surface area contributed by atoms with Gasteiger partial charge in [0, 0.05) is 0 Å². The van der Waals surface area contributed by atoms with Crippen molar-refractivity contribution < 1.29 is 19.6 Å². The van der Waals surface area contributed by atoms with Crippen molar-refractivity contribution in [3.05, 3.63) is 42.0 Å². The number of hydrogen-bond acceptors (Lipinski definition) is 4. The Balaban J connectivity index is 2.54. The van der Waals surface area contributed by atoms with Gasteiger partial charge in [-0.2, -0.15) is 0 Å². The summed E-state index contributed by atoms with van der Waals surface area (Å²) < 4.78 is 4.98. The molecule has 2 aromatic carbocycles. The van der Waals surface area contributed by atoms with E-state index < -0.39 is 7.12 Å². The van der Waals surface area contributed by atoms with E-state index in [9.17, 15) is 4.79 Å².